The van der Waals surface area contributed by atoms with Crippen molar-refractivity contribution < 1.29 is 0 Å². The molecule has 24 valence electrons. The van der Waals surface area contributed by atoms with Gasteiger partial charge in [-0.2, -0.15) is 0 Å². The van der Waals surface area contributed by atoms with Crippen molar-refractivity contribution in [2.75, 3.05) is 0 Å². The molecule has 0 fully saturated rings. The van der Waals surface area contributed by atoms with Gasteiger partial charge in [-0.05, 0) is 0 Å². The van der Waals surface area contributed by atoms with Gasteiger partial charge in [-0.25, -0.2) is 0 Å². The molecule has 1 aliphatic rings. The molecule has 0 saturated carbocycles. The summed E-state index contributed by atoms with van der Waals surface area (Å²) in [6.07, 6.45) is 3.74. The third-order valence-corrected chi connectivity index (χ3v) is 2.30. The quantitative estimate of drug-likeness (QED) is 0.537. The monoisotopic (exact) mass is 170 g/mol. The first-order valence-corrected chi connectivity index (χ1v) is 4.55. The van der Waals surface area contributed by atoms with E-state index in [9.17, 15) is 0 Å². The topological polar surface area (TPSA) is 24.4 Å². The van der Waals surface area contributed by atoms with Crippen LogP contribution in [0.3, 0.4) is 0 Å². The van der Waals surface area contributed by atoms with Gasteiger partial charge in [0.15, 0.2) is 0 Å². The van der Waals surface area contributed by atoms with Crippen molar-refractivity contribution in [3.05, 3.63) is 12.4 Å². The van der Waals surface area contributed by atoms with Gasteiger partial charge in [-0.1, -0.05) is 0 Å². The molecule has 0 saturated heterocycles. The van der Waals surface area contributed by atoms with Gasteiger partial charge in [0.05, 0.1) is 0 Å². The van der Waals surface area contributed by atoms with E-state index in [0.717, 1.165) is 0 Å². The molecule has 0 amide bonds. The summed E-state index contributed by atoms with van der Waals surface area (Å²) in [4.78, 5) is 0. The molecule has 5 heavy (non-hydrogen) atoms. The van der Waals surface area contributed by atoms with Crippen molar-refractivity contribution >= 4 is 23.0 Å². The molecule has 1 aliphatic heterocycles. The van der Waals surface area contributed by atoms with Crippen LogP contribution in [0.4, 0.5) is 0 Å². The first kappa shape index (κ1) is 3.40. The fourth-order valence-corrected chi connectivity index (χ4v) is 1.44. The molecule has 2 nitrogen and oxygen atoms in total. The molecular weight excluding hydrogens is 167 g/mol. The van der Waals surface area contributed by atoms with Crippen molar-refractivity contribution in [2.24, 2.45) is 2.92 Å². The Labute approximate surface area is 41.9 Å². The number of hydrogen-bond acceptors (Lipinski definition) is 2. The van der Waals surface area contributed by atoms with Crippen LogP contribution in [0.5, 0.6) is 0 Å². The molecule has 0 radical (unpaired) electrons. The van der Waals surface area contributed by atoms with Crippen LogP contribution in [0.15, 0.2) is 15.3 Å². The van der Waals surface area contributed by atoms with Crippen molar-refractivity contribution in [3.63, 3.8) is 0 Å². The second-order valence-electron chi connectivity index (χ2n) is 0.761. The maximum atomic E-state index is 3.98. The summed E-state index contributed by atoms with van der Waals surface area (Å²) in [6, 6.07) is 0. The zero-order valence-electron chi connectivity index (χ0n) is 2.68. The minimum absolute atomic E-state index is 0.545. The van der Waals surface area contributed by atoms with E-state index in [2.05, 4.69) is 6.22 Å². The minimum atomic E-state index is -0.545. The molecule has 0 spiro atoms. The van der Waals surface area contributed by atoms with E-state index in [1.165, 1.54) is 0 Å². The van der Waals surface area contributed by atoms with E-state index >= 15 is 0 Å². The van der Waals surface area contributed by atoms with E-state index in [0.29, 0.717) is 0 Å². The molecule has 0 aliphatic carbocycles. The zero-order chi connectivity index (χ0) is 3.54. The summed E-state index contributed by atoms with van der Waals surface area (Å²) in [5.74, 6) is 0. The predicted molar refractivity (Wildman–Crippen MR) is 20.5 cm³/mol. The summed E-state index contributed by atoms with van der Waals surface area (Å²) < 4.78 is 7.05. The Morgan fingerprint density at radius 2 is 2.80 bits per heavy atom. The molecule has 0 atom stereocenters. The summed E-state index contributed by atoms with van der Waals surface area (Å²) in [5.41, 5.74) is 0. The van der Waals surface area contributed by atoms with Gasteiger partial charge < -0.3 is 0 Å². The van der Waals surface area contributed by atoms with Crippen LogP contribution in [-0.2, 0) is 0 Å². The molecule has 0 unspecified atom stereocenters. The van der Waals surface area contributed by atoms with Gasteiger partial charge in [0.25, 0.3) is 0 Å². The average molecular weight is 170 g/mol. The second kappa shape index (κ2) is 1.60. The Balaban J connectivity index is 2.61. The fourth-order valence-electron chi connectivity index (χ4n) is 0.215. The van der Waals surface area contributed by atoms with Crippen molar-refractivity contribution in [1.82, 2.24) is 3.30 Å². The number of nitrogens with zero attached hydrogens (tertiary/aromatic N) is 1. The van der Waals surface area contributed by atoms with Crippen LogP contribution in [-0.4, -0.2) is 23.0 Å². The summed E-state index contributed by atoms with van der Waals surface area (Å²) in [6.45, 7) is 0. The molecule has 0 aromatic rings. The van der Waals surface area contributed by atoms with E-state index in [1.54, 1.807) is 0 Å². The number of rotatable bonds is 0. The number of hydrogen-bond donors (Lipinski definition) is 1. The zero-order valence-corrected chi connectivity index (χ0v) is 5.97. The van der Waals surface area contributed by atoms with Gasteiger partial charge in [0, 0.05) is 0 Å². The molecule has 1 rings (SSSR count). The number of nitrogens with one attached hydrogen (secondary N) is 1. The van der Waals surface area contributed by atoms with Crippen LogP contribution in [0.25, 0.3) is 0 Å². The van der Waals surface area contributed by atoms with Gasteiger partial charge >= 0.3 is 41.6 Å². The van der Waals surface area contributed by atoms with Gasteiger partial charge in [-0.15, -0.1) is 0 Å². The van der Waals surface area contributed by atoms with E-state index in [1.807, 2.05) is 12.4 Å². The van der Waals surface area contributed by atoms with Gasteiger partial charge in [0.2, 0.25) is 0 Å². The van der Waals surface area contributed by atoms with E-state index in [4.69, 9.17) is 0 Å². The van der Waals surface area contributed by atoms with Crippen LogP contribution in [0.2, 0.25) is 0 Å². The third-order valence-electron chi connectivity index (χ3n) is 0.406. The molecule has 1 N–H and O–H groups in total. The van der Waals surface area contributed by atoms with E-state index in [-0.39, 0.29) is 0 Å². The Kier molecular flexibility index (Phi) is 1.09. The van der Waals surface area contributed by atoms with E-state index < -0.39 is 23.0 Å². The first-order valence-electron chi connectivity index (χ1n) is 1.43. The Morgan fingerprint density at radius 3 is 3.00 bits per heavy atom. The third kappa shape index (κ3) is 0.758. The Bertz CT molecular complexity index is 65.7. The predicted octanol–water partition coefficient (Wildman–Crippen LogP) is -0.136. The SMILES string of the molecule is C1=C[NH][In]=[N]1. The molecular formula is C2H3InN2. The maximum absolute atomic E-state index is 3.98. The molecule has 1 heterocycles. The Morgan fingerprint density at radius 1 is 1.80 bits per heavy atom. The Hall–Kier alpha value is 0.210. The van der Waals surface area contributed by atoms with Crippen LogP contribution >= 0.6 is 0 Å². The molecule has 0 bridgehead atoms. The summed E-state index contributed by atoms with van der Waals surface area (Å²) in [5, 5.41) is 0. The summed E-state index contributed by atoms with van der Waals surface area (Å²) >= 11 is -0.545. The molecule has 0 aromatic heterocycles. The van der Waals surface area contributed by atoms with Gasteiger partial charge in [0.1, 0.15) is 0 Å². The fraction of sp³-hybridized carbons (Fsp3) is 0. The van der Waals surface area contributed by atoms with Crippen LogP contribution in [0.1, 0.15) is 0 Å². The normalized spacial score (nSPS) is 14.4. The van der Waals surface area contributed by atoms with Gasteiger partial charge in [-0.3, -0.25) is 0 Å². The molecule has 0 aromatic carbocycles. The summed E-state index contributed by atoms with van der Waals surface area (Å²) in [7, 11) is 0. The average Bonchev–Trinajstić information content (AvgIpc) is 1.76. The van der Waals surface area contributed by atoms with Crippen molar-refractivity contribution in [2.45, 2.75) is 0 Å². The first-order chi connectivity index (χ1) is 2.50. The standard InChI is InChI=1S/C2H3N2.In/c3-1-2-4;/h1-3H;/q-1;+1. The van der Waals surface area contributed by atoms with Crippen LogP contribution in [0, 0.1) is 0 Å². The second-order valence-corrected chi connectivity index (χ2v) is 3.30. The van der Waals surface area contributed by atoms with Crippen LogP contribution < -0.4 is 3.30 Å². The van der Waals surface area contributed by atoms with Crippen molar-refractivity contribution in [1.29, 1.82) is 0 Å². The molecule has 3 heteroatoms. The van der Waals surface area contributed by atoms with Crippen molar-refractivity contribution in [3.8, 4) is 0 Å².